The molecule has 9 heteroatoms. The Labute approximate surface area is 141 Å². The fourth-order valence-electron chi connectivity index (χ4n) is 2.19. The normalized spacial score (nSPS) is 12.2. The molecule has 6 nitrogen and oxygen atoms in total. The summed E-state index contributed by atoms with van der Waals surface area (Å²) in [4.78, 5) is 0. The number of hydrazone groups is 1. The molecular formula is C16H13F3N6. The molecular weight excluding hydrogens is 333 g/mol. The number of rotatable bonds is 4. The third kappa shape index (κ3) is 3.82. The Hall–Kier alpha value is -3.23. The Kier molecular flexibility index (Phi) is 4.46. The summed E-state index contributed by atoms with van der Waals surface area (Å²) in [6.07, 6.45) is -3.00. The van der Waals surface area contributed by atoms with E-state index in [1.54, 1.807) is 31.2 Å². The van der Waals surface area contributed by atoms with E-state index < -0.39 is 11.7 Å². The summed E-state index contributed by atoms with van der Waals surface area (Å²) in [6.45, 7) is 1.70. The maximum Gasteiger partial charge on any atom is 0.418 e. The van der Waals surface area contributed by atoms with Crippen LogP contribution in [0.5, 0.6) is 0 Å². The molecule has 0 unspecified atom stereocenters. The van der Waals surface area contributed by atoms with E-state index in [4.69, 9.17) is 0 Å². The van der Waals surface area contributed by atoms with Crippen molar-refractivity contribution in [1.29, 1.82) is 0 Å². The quantitative estimate of drug-likeness (QED) is 0.580. The molecule has 128 valence electrons. The summed E-state index contributed by atoms with van der Waals surface area (Å²) in [5.41, 5.74) is 3.58. The van der Waals surface area contributed by atoms with Gasteiger partial charge >= 0.3 is 6.18 Å². The SMILES string of the molecule is C/C(=N/Nc1ccccc1C(F)(F)F)c1cccc(-n2cnnn2)c1. The van der Waals surface area contributed by atoms with Crippen molar-refractivity contribution >= 4 is 11.4 Å². The van der Waals surface area contributed by atoms with E-state index in [1.165, 1.54) is 29.2 Å². The molecule has 0 aliphatic rings. The molecule has 0 aliphatic carbocycles. The van der Waals surface area contributed by atoms with Crippen LogP contribution in [0.3, 0.4) is 0 Å². The molecule has 0 saturated carbocycles. The Morgan fingerprint density at radius 1 is 1.12 bits per heavy atom. The predicted octanol–water partition coefficient (Wildman–Crippen LogP) is 3.52. The molecule has 0 atom stereocenters. The Bertz CT molecular complexity index is 887. The molecule has 3 aromatic rings. The number of hydrogen-bond acceptors (Lipinski definition) is 5. The van der Waals surface area contributed by atoms with Crippen LogP contribution >= 0.6 is 0 Å². The number of halogens is 3. The molecule has 1 heterocycles. The molecule has 3 rings (SSSR count). The Balaban J connectivity index is 1.85. The molecule has 1 N–H and O–H groups in total. The van der Waals surface area contributed by atoms with Crippen molar-refractivity contribution in [3.63, 3.8) is 0 Å². The van der Waals surface area contributed by atoms with Crippen LogP contribution < -0.4 is 5.43 Å². The Morgan fingerprint density at radius 2 is 1.92 bits per heavy atom. The summed E-state index contributed by atoms with van der Waals surface area (Å²) >= 11 is 0. The first-order valence-electron chi connectivity index (χ1n) is 7.25. The molecule has 2 aromatic carbocycles. The van der Waals surface area contributed by atoms with E-state index >= 15 is 0 Å². The largest absolute Gasteiger partial charge is 0.418 e. The number of aromatic nitrogens is 4. The molecule has 25 heavy (non-hydrogen) atoms. The zero-order valence-corrected chi connectivity index (χ0v) is 13.1. The molecule has 0 bridgehead atoms. The van der Waals surface area contributed by atoms with E-state index in [0.29, 0.717) is 11.4 Å². The van der Waals surface area contributed by atoms with Crippen molar-refractivity contribution < 1.29 is 13.2 Å². The number of nitrogens with one attached hydrogen (secondary N) is 1. The average Bonchev–Trinajstić information content (AvgIpc) is 3.14. The van der Waals surface area contributed by atoms with Crippen LogP contribution in [-0.2, 0) is 6.18 Å². The third-order valence-electron chi connectivity index (χ3n) is 3.45. The number of nitrogens with zero attached hydrogens (tertiary/aromatic N) is 5. The molecule has 0 aliphatic heterocycles. The van der Waals surface area contributed by atoms with Gasteiger partial charge in [0.2, 0.25) is 0 Å². The van der Waals surface area contributed by atoms with E-state index in [-0.39, 0.29) is 5.69 Å². The van der Waals surface area contributed by atoms with Gasteiger partial charge in [0, 0.05) is 0 Å². The fourth-order valence-corrected chi connectivity index (χ4v) is 2.19. The Morgan fingerprint density at radius 3 is 2.64 bits per heavy atom. The highest BCUT2D eigenvalue weighted by Gasteiger charge is 2.33. The second-order valence-electron chi connectivity index (χ2n) is 5.16. The van der Waals surface area contributed by atoms with Crippen LogP contribution in [-0.4, -0.2) is 25.9 Å². The van der Waals surface area contributed by atoms with Crippen LogP contribution in [0.1, 0.15) is 18.1 Å². The molecule has 0 radical (unpaired) electrons. The van der Waals surface area contributed by atoms with Gasteiger partial charge in [-0.05, 0) is 47.2 Å². The van der Waals surface area contributed by atoms with Gasteiger partial charge in [0.1, 0.15) is 6.33 Å². The fraction of sp³-hybridized carbons (Fsp3) is 0.125. The monoisotopic (exact) mass is 346 g/mol. The minimum absolute atomic E-state index is 0.106. The van der Waals surface area contributed by atoms with E-state index in [0.717, 1.165) is 11.6 Å². The minimum atomic E-state index is -4.45. The number of benzene rings is 2. The maximum atomic E-state index is 13.0. The second-order valence-corrected chi connectivity index (χ2v) is 5.16. The van der Waals surface area contributed by atoms with Gasteiger partial charge in [-0.25, -0.2) is 4.68 Å². The maximum absolute atomic E-state index is 13.0. The zero-order chi connectivity index (χ0) is 17.9. The van der Waals surface area contributed by atoms with Gasteiger partial charge in [0.15, 0.2) is 0 Å². The molecule has 0 fully saturated rings. The first-order chi connectivity index (χ1) is 11.9. The van der Waals surface area contributed by atoms with Crippen molar-refractivity contribution in [2.45, 2.75) is 13.1 Å². The van der Waals surface area contributed by atoms with E-state index in [9.17, 15) is 13.2 Å². The van der Waals surface area contributed by atoms with Crippen molar-refractivity contribution in [2.24, 2.45) is 5.10 Å². The number of alkyl halides is 3. The molecule has 0 spiro atoms. The van der Waals surface area contributed by atoms with Crippen LogP contribution in [0, 0.1) is 0 Å². The van der Waals surface area contributed by atoms with E-state index in [1.807, 2.05) is 0 Å². The summed E-state index contributed by atoms with van der Waals surface area (Å²) in [6, 6.07) is 12.4. The minimum Gasteiger partial charge on any atom is -0.278 e. The van der Waals surface area contributed by atoms with Crippen LogP contribution in [0.4, 0.5) is 18.9 Å². The summed E-state index contributed by atoms with van der Waals surface area (Å²) in [5, 5.41) is 15.0. The lowest BCUT2D eigenvalue weighted by Crippen LogP contribution is -2.09. The molecule has 1 aromatic heterocycles. The predicted molar refractivity (Wildman–Crippen MR) is 86.4 cm³/mol. The van der Waals surface area contributed by atoms with Gasteiger partial charge in [-0.15, -0.1) is 5.10 Å². The van der Waals surface area contributed by atoms with Crippen molar-refractivity contribution in [2.75, 3.05) is 5.43 Å². The lowest BCUT2D eigenvalue weighted by Gasteiger charge is -2.12. The van der Waals surface area contributed by atoms with Crippen LogP contribution in [0.15, 0.2) is 60.0 Å². The van der Waals surface area contributed by atoms with Crippen LogP contribution in [0.2, 0.25) is 0 Å². The van der Waals surface area contributed by atoms with Gasteiger partial charge in [-0.2, -0.15) is 18.3 Å². The highest BCUT2D eigenvalue weighted by atomic mass is 19.4. The van der Waals surface area contributed by atoms with Crippen molar-refractivity contribution in [1.82, 2.24) is 20.2 Å². The summed E-state index contributed by atoms with van der Waals surface area (Å²) in [7, 11) is 0. The first kappa shape index (κ1) is 16.6. The first-order valence-corrected chi connectivity index (χ1v) is 7.25. The highest BCUT2D eigenvalue weighted by molar-refractivity contribution is 5.99. The number of anilines is 1. The third-order valence-corrected chi connectivity index (χ3v) is 3.45. The lowest BCUT2D eigenvalue weighted by atomic mass is 10.1. The molecule has 0 saturated heterocycles. The zero-order valence-electron chi connectivity index (χ0n) is 13.1. The number of tetrazole rings is 1. The van der Waals surface area contributed by atoms with Crippen LogP contribution in [0.25, 0.3) is 5.69 Å². The summed E-state index contributed by atoms with van der Waals surface area (Å²) < 4.78 is 40.5. The van der Waals surface area contributed by atoms with Crippen molar-refractivity contribution in [3.8, 4) is 5.69 Å². The topological polar surface area (TPSA) is 68.0 Å². The highest BCUT2D eigenvalue weighted by Crippen LogP contribution is 2.34. The standard InChI is InChI=1S/C16H13F3N6/c1-11(12-5-4-6-13(9-12)25-10-20-23-24-25)21-22-15-8-3-2-7-14(15)16(17,18)19/h2-10,22H,1H3/b21-11-. The number of hydrogen-bond donors (Lipinski definition) is 1. The summed E-state index contributed by atoms with van der Waals surface area (Å²) in [5.74, 6) is 0. The van der Waals surface area contributed by atoms with Gasteiger partial charge in [-0.3, -0.25) is 5.43 Å². The number of para-hydroxylation sites is 1. The van der Waals surface area contributed by atoms with Gasteiger partial charge in [0.05, 0.1) is 22.6 Å². The lowest BCUT2D eigenvalue weighted by molar-refractivity contribution is -0.136. The second kappa shape index (κ2) is 6.71. The smallest absolute Gasteiger partial charge is 0.278 e. The molecule has 0 amide bonds. The van der Waals surface area contributed by atoms with Gasteiger partial charge < -0.3 is 0 Å². The van der Waals surface area contributed by atoms with Gasteiger partial charge in [-0.1, -0.05) is 24.3 Å². The van der Waals surface area contributed by atoms with Gasteiger partial charge in [0.25, 0.3) is 0 Å². The van der Waals surface area contributed by atoms with Crippen molar-refractivity contribution in [3.05, 3.63) is 66.0 Å². The average molecular weight is 346 g/mol. The van der Waals surface area contributed by atoms with E-state index in [2.05, 4.69) is 26.1 Å².